The Morgan fingerprint density at radius 2 is 1.12 bits per heavy atom. The van der Waals surface area contributed by atoms with E-state index in [1.54, 1.807) is 0 Å². The van der Waals surface area contributed by atoms with Crippen molar-refractivity contribution in [3.05, 3.63) is 115 Å². The first-order valence-corrected chi connectivity index (χ1v) is 11.4. The lowest BCUT2D eigenvalue weighted by atomic mass is 10.0. The van der Waals surface area contributed by atoms with E-state index >= 15 is 0 Å². The van der Waals surface area contributed by atoms with Crippen LogP contribution >= 0.6 is 0 Å². The molecule has 2 heteroatoms. The number of hydrogen-bond donors (Lipinski definition) is 0. The molecule has 2 aromatic heterocycles. The van der Waals surface area contributed by atoms with E-state index in [-0.39, 0.29) is 0 Å². The van der Waals surface area contributed by atoms with Crippen LogP contribution in [0.15, 0.2) is 115 Å². The molecule has 0 fully saturated rings. The molecule has 0 N–H and O–H groups in total. The quantitative estimate of drug-likeness (QED) is 0.266. The predicted octanol–water partition coefficient (Wildman–Crippen LogP) is 8.10. The molecular weight excluding hydrogens is 400 g/mol. The second kappa shape index (κ2) is 6.85. The van der Waals surface area contributed by atoms with Gasteiger partial charge in [-0.25, -0.2) is 0 Å². The fourth-order valence-electron chi connectivity index (χ4n) is 5.41. The van der Waals surface area contributed by atoms with Gasteiger partial charge in [-0.15, -0.1) is 0 Å². The predicted molar refractivity (Wildman–Crippen MR) is 140 cm³/mol. The molecule has 7 aromatic rings. The third-order valence-corrected chi connectivity index (χ3v) is 6.92. The molecule has 0 atom stereocenters. The monoisotopic (exact) mass is 422 g/mol. The smallest absolute Gasteiger partial charge is 0.0619 e. The third-order valence-electron chi connectivity index (χ3n) is 6.92. The Morgan fingerprint density at radius 3 is 1.94 bits per heavy atom. The van der Waals surface area contributed by atoms with Crippen molar-refractivity contribution in [3.8, 4) is 16.8 Å². The van der Waals surface area contributed by atoms with Crippen molar-refractivity contribution >= 4 is 43.6 Å². The largest absolute Gasteiger partial charge is 0.344 e. The van der Waals surface area contributed by atoms with Gasteiger partial charge in [-0.1, -0.05) is 84.9 Å². The van der Waals surface area contributed by atoms with Gasteiger partial charge in [0.05, 0.1) is 11.0 Å². The van der Waals surface area contributed by atoms with Crippen molar-refractivity contribution in [3.63, 3.8) is 0 Å². The van der Waals surface area contributed by atoms with E-state index in [1.807, 2.05) is 0 Å². The van der Waals surface area contributed by atoms with Crippen LogP contribution in [0.1, 0.15) is 0 Å². The molecule has 0 radical (unpaired) electrons. The average Bonchev–Trinajstić information content (AvgIpc) is 3.36. The van der Waals surface area contributed by atoms with Gasteiger partial charge in [0, 0.05) is 50.9 Å². The lowest BCUT2D eigenvalue weighted by Crippen LogP contribution is -1.95. The van der Waals surface area contributed by atoms with Crippen LogP contribution in [0.2, 0.25) is 0 Å². The highest BCUT2D eigenvalue weighted by Gasteiger charge is 2.19. The van der Waals surface area contributed by atoms with Crippen molar-refractivity contribution in [1.82, 2.24) is 9.13 Å². The van der Waals surface area contributed by atoms with Crippen LogP contribution in [0, 0.1) is 0 Å². The molecule has 0 aliphatic heterocycles. The van der Waals surface area contributed by atoms with Crippen molar-refractivity contribution < 1.29 is 0 Å². The molecule has 0 unspecified atom stereocenters. The first kappa shape index (κ1) is 18.3. The highest BCUT2D eigenvalue weighted by molar-refractivity contribution is 6.20. The molecule has 33 heavy (non-hydrogen) atoms. The third kappa shape index (κ3) is 2.55. The molecule has 0 spiro atoms. The van der Waals surface area contributed by atoms with Gasteiger partial charge in [-0.2, -0.15) is 0 Å². The zero-order valence-electron chi connectivity index (χ0n) is 18.4. The van der Waals surface area contributed by atoms with Crippen molar-refractivity contribution in [2.75, 3.05) is 0 Å². The Labute approximate surface area is 191 Å². The second-order valence-corrected chi connectivity index (χ2v) is 8.70. The summed E-state index contributed by atoms with van der Waals surface area (Å²) in [6.07, 6.45) is 0. The number of rotatable bonds is 2. The summed E-state index contributed by atoms with van der Waals surface area (Å²) in [5.74, 6) is 0. The number of fused-ring (bicyclic) bond motifs is 6. The molecule has 5 aromatic carbocycles. The fraction of sp³-hybridized carbons (Fsp3) is 0.0323. The Morgan fingerprint density at radius 1 is 0.485 bits per heavy atom. The molecule has 7 rings (SSSR count). The molecule has 0 aliphatic carbocycles. The Balaban J connectivity index is 1.72. The van der Waals surface area contributed by atoms with Crippen LogP contribution in [-0.2, 0) is 7.05 Å². The molecule has 156 valence electrons. The van der Waals surface area contributed by atoms with Gasteiger partial charge in [0.25, 0.3) is 0 Å². The zero-order valence-corrected chi connectivity index (χ0v) is 18.4. The number of aromatic nitrogens is 2. The maximum atomic E-state index is 2.44. The summed E-state index contributed by atoms with van der Waals surface area (Å²) in [6, 6.07) is 41.6. The number of benzene rings is 5. The molecule has 0 saturated carbocycles. The maximum Gasteiger partial charge on any atom is 0.0619 e. The molecular formula is C31H22N2. The Kier molecular flexibility index (Phi) is 3.80. The van der Waals surface area contributed by atoms with E-state index in [0.29, 0.717) is 0 Å². The summed E-state index contributed by atoms with van der Waals surface area (Å²) >= 11 is 0. The minimum Gasteiger partial charge on any atom is -0.344 e. The van der Waals surface area contributed by atoms with E-state index < -0.39 is 0 Å². The van der Waals surface area contributed by atoms with Crippen LogP contribution < -0.4 is 0 Å². The number of para-hydroxylation sites is 3. The van der Waals surface area contributed by atoms with Gasteiger partial charge in [0.2, 0.25) is 0 Å². The second-order valence-electron chi connectivity index (χ2n) is 8.70. The van der Waals surface area contributed by atoms with Crippen molar-refractivity contribution in [2.24, 2.45) is 7.05 Å². The Hall–Kier alpha value is -4.30. The summed E-state index contributed by atoms with van der Waals surface area (Å²) in [5, 5.41) is 5.15. The van der Waals surface area contributed by atoms with Crippen LogP contribution in [0.4, 0.5) is 0 Å². The summed E-state index contributed by atoms with van der Waals surface area (Å²) in [6.45, 7) is 0. The van der Waals surface area contributed by atoms with Crippen molar-refractivity contribution in [2.45, 2.75) is 0 Å². The SMILES string of the molecule is Cn1c2ccccc2c2cc3c(cc21)c1cccc(-c2ccccc2)c1n3-c1ccccc1. The van der Waals surface area contributed by atoms with Gasteiger partial charge in [-0.05, 0) is 35.9 Å². The first-order valence-electron chi connectivity index (χ1n) is 11.4. The van der Waals surface area contributed by atoms with Crippen LogP contribution in [0.5, 0.6) is 0 Å². The molecule has 0 bridgehead atoms. The molecule has 0 amide bonds. The zero-order chi connectivity index (χ0) is 21.9. The van der Waals surface area contributed by atoms with Crippen LogP contribution in [0.3, 0.4) is 0 Å². The normalized spacial score (nSPS) is 11.8. The molecule has 0 aliphatic rings. The van der Waals surface area contributed by atoms with E-state index in [9.17, 15) is 0 Å². The van der Waals surface area contributed by atoms with E-state index in [4.69, 9.17) is 0 Å². The summed E-state index contributed by atoms with van der Waals surface area (Å²) in [4.78, 5) is 0. The topological polar surface area (TPSA) is 9.86 Å². The number of nitrogens with zero attached hydrogens (tertiary/aromatic N) is 2. The van der Waals surface area contributed by atoms with E-state index in [0.717, 1.165) is 0 Å². The minimum atomic E-state index is 1.18. The first-order chi connectivity index (χ1) is 16.3. The van der Waals surface area contributed by atoms with Crippen molar-refractivity contribution in [1.29, 1.82) is 0 Å². The standard InChI is InChI=1S/C31H22N2/c1-32-28-18-9-8-15-24(28)26-20-30-27(19-29(26)32)25-17-10-16-23(21-11-4-2-5-12-21)31(25)33(30)22-13-6-3-7-14-22/h2-20H,1H3. The Bertz CT molecular complexity index is 1800. The molecule has 2 nitrogen and oxygen atoms in total. The highest BCUT2D eigenvalue weighted by Crippen LogP contribution is 2.41. The van der Waals surface area contributed by atoms with Crippen LogP contribution in [-0.4, -0.2) is 9.13 Å². The van der Waals surface area contributed by atoms with E-state index in [1.165, 1.54) is 60.4 Å². The average molecular weight is 423 g/mol. The lowest BCUT2D eigenvalue weighted by Gasteiger charge is -2.11. The van der Waals surface area contributed by atoms with Gasteiger partial charge in [0.1, 0.15) is 0 Å². The van der Waals surface area contributed by atoms with Gasteiger partial charge in [-0.3, -0.25) is 0 Å². The van der Waals surface area contributed by atoms with Gasteiger partial charge in [0.15, 0.2) is 0 Å². The lowest BCUT2D eigenvalue weighted by molar-refractivity contribution is 1.02. The van der Waals surface area contributed by atoms with E-state index in [2.05, 4.69) is 131 Å². The summed E-state index contributed by atoms with van der Waals surface area (Å²) < 4.78 is 4.76. The van der Waals surface area contributed by atoms with Gasteiger partial charge < -0.3 is 9.13 Å². The minimum absolute atomic E-state index is 1.18. The van der Waals surface area contributed by atoms with Crippen LogP contribution in [0.25, 0.3) is 60.4 Å². The molecule has 0 saturated heterocycles. The highest BCUT2D eigenvalue weighted by atomic mass is 15.0. The number of hydrogen-bond acceptors (Lipinski definition) is 0. The summed E-state index contributed by atoms with van der Waals surface area (Å²) in [7, 11) is 2.17. The maximum absolute atomic E-state index is 2.44. The van der Waals surface area contributed by atoms with Gasteiger partial charge >= 0.3 is 0 Å². The fourth-order valence-corrected chi connectivity index (χ4v) is 5.41. The summed E-state index contributed by atoms with van der Waals surface area (Å²) in [5.41, 5.74) is 8.69. The number of aryl methyl sites for hydroxylation is 1. The molecule has 2 heterocycles.